The van der Waals surface area contributed by atoms with Crippen LogP contribution in [-0.2, 0) is 16.0 Å². The van der Waals surface area contributed by atoms with E-state index in [1.807, 2.05) is 6.07 Å². The van der Waals surface area contributed by atoms with Crippen LogP contribution in [0, 0.1) is 0 Å². The minimum Gasteiger partial charge on any atom is -0.456 e. The van der Waals surface area contributed by atoms with Crippen LogP contribution in [0.3, 0.4) is 0 Å². The molecule has 11 heteroatoms. The number of aromatic amines is 2. The summed E-state index contributed by atoms with van der Waals surface area (Å²) in [6.45, 7) is 1.06. The summed E-state index contributed by atoms with van der Waals surface area (Å²) in [4.78, 5) is 11.9. The van der Waals surface area contributed by atoms with Crippen LogP contribution in [0.15, 0.2) is 18.3 Å². The van der Waals surface area contributed by atoms with Crippen molar-refractivity contribution in [3.05, 3.63) is 29.0 Å². The molecule has 3 aromatic rings. The molecule has 2 aliphatic rings. The van der Waals surface area contributed by atoms with Gasteiger partial charge in [-0.05, 0) is 12.1 Å². The van der Waals surface area contributed by atoms with Gasteiger partial charge in [0.25, 0.3) is 6.01 Å². The molecule has 0 amide bonds. The van der Waals surface area contributed by atoms with E-state index in [1.54, 1.807) is 12.3 Å². The van der Waals surface area contributed by atoms with Crippen LogP contribution < -0.4 is 10.1 Å². The topological polar surface area (TPSA) is 130 Å². The fourth-order valence-electron chi connectivity index (χ4n) is 3.33. The van der Waals surface area contributed by atoms with Gasteiger partial charge in [0.2, 0.25) is 0 Å². The normalized spacial score (nSPS) is 27.2. The third kappa shape index (κ3) is 3.10. The Morgan fingerprint density at radius 3 is 3.04 bits per heavy atom. The van der Waals surface area contributed by atoms with Crippen LogP contribution in [-0.4, -0.2) is 67.9 Å². The smallest absolute Gasteiger partial charge is 0.296 e. The predicted octanol–water partition coefficient (Wildman–Crippen LogP) is 0.852. The molecule has 0 bridgehead atoms. The Labute approximate surface area is 158 Å². The maximum atomic E-state index is 9.81. The molecule has 0 spiro atoms. The molecule has 2 aliphatic heterocycles. The zero-order chi connectivity index (χ0) is 18.4. The number of aliphatic hydroxyl groups excluding tert-OH is 1. The first-order valence-corrected chi connectivity index (χ1v) is 8.92. The molecule has 4 N–H and O–H groups in total. The molecule has 142 valence electrons. The number of pyridine rings is 1. The lowest BCUT2D eigenvalue weighted by Gasteiger charge is -2.15. The molecule has 4 atom stereocenters. The molecule has 0 radical (unpaired) electrons. The van der Waals surface area contributed by atoms with Crippen molar-refractivity contribution >= 4 is 28.6 Å². The van der Waals surface area contributed by atoms with Gasteiger partial charge in [0.15, 0.2) is 11.8 Å². The minimum absolute atomic E-state index is 0.248. The summed E-state index contributed by atoms with van der Waals surface area (Å²) in [5.41, 5.74) is 1.97. The van der Waals surface area contributed by atoms with E-state index < -0.39 is 6.10 Å². The molecule has 0 aliphatic carbocycles. The van der Waals surface area contributed by atoms with Crippen molar-refractivity contribution in [1.82, 2.24) is 25.1 Å². The number of ether oxygens (including phenoxy) is 3. The van der Waals surface area contributed by atoms with Gasteiger partial charge >= 0.3 is 0 Å². The maximum absolute atomic E-state index is 9.81. The Morgan fingerprint density at radius 2 is 2.19 bits per heavy atom. The van der Waals surface area contributed by atoms with Crippen LogP contribution in [0.4, 0.5) is 5.82 Å². The molecular formula is C16H17ClN6O4. The average Bonchev–Trinajstić information content (AvgIpc) is 3.41. The molecule has 27 heavy (non-hydrogen) atoms. The lowest BCUT2D eigenvalue weighted by Crippen LogP contribution is -2.34. The summed E-state index contributed by atoms with van der Waals surface area (Å²) >= 11 is 6.30. The summed E-state index contributed by atoms with van der Waals surface area (Å²) in [6.07, 6.45) is 0.112. The molecule has 5 heterocycles. The highest BCUT2D eigenvalue weighted by Crippen LogP contribution is 2.30. The standard InChI is InChI=1S/C16H17ClN6O4/c17-8-3-9-15(21-14(8)18-4-7-1-2-19-23-7)22-16(20-9)27-11-6-26-12-10(24)5-25-13(11)12/h1-3,10-13,24H,4-6H2,(H,19,23)(H2,18,20,21,22)/t10-,11-,12-,13-/m1/s1. The number of rotatable bonds is 5. The van der Waals surface area contributed by atoms with Crippen LogP contribution in [0.5, 0.6) is 6.01 Å². The van der Waals surface area contributed by atoms with E-state index in [0.717, 1.165) is 5.69 Å². The summed E-state index contributed by atoms with van der Waals surface area (Å²) in [5, 5.41) is 20.2. The number of halogens is 1. The van der Waals surface area contributed by atoms with Gasteiger partial charge in [-0.3, -0.25) is 5.10 Å². The molecule has 0 aromatic carbocycles. The fourth-order valence-corrected chi connectivity index (χ4v) is 3.55. The van der Waals surface area contributed by atoms with Gasteiger partial charge in [0, 0.05) is 6.20 Å². The Morgan fingerprint density at radius 1 is 1.30 bits per heavy atom. The molecule has 0 saturated carbocycles. The largest absolute Gasteiger partial charge is 0.456 e. The molecule has 10 nitrogen and oxygen atoms in total. The first kappa shape index (κ1) is 16.8. The Bertz CT molecular complexity index is 948. The Kier molecular flexibility index (Phi) is 4.12. The number of aliphatic hydroxyl groups is 1. The van der Waals surface area contributed by atoms with Crippen LogP contribution in [0.2, 0.25) is 5.02 Å². The van der Waals surface area contributed by atoms with Crippen molar-refractivity contribution in [3.63, 3.8) is 0 Å². The maximum Gasteiger partial charge on any atom is 0.296 e. The highest BCUT2D eigenvalue weighted by Gasteiger charge is 2.48. The van der Waals surface area contributed by atoms with Crippen LogP contribution in [0.25, 0.3) is 11.2 Å². The van der Waals surface area contributed by atoms with Crippen LogP contribution >= 0.6 is 11.6 Å². The van der Waals surface area contributed by atoms with Gasteiger partial charge < -0.3 is 29.6 Å². The highest BCUT2D eigenvalue weighted by atomic mass is 35.5. The van der Waals surface area contributed by atoms with Crippen molar-refractivity contribution in [1.29, 1.82) is 0 Å². The average molecular weight is 393 g/mol. The molecule has 2 fully saturated rings. The molecule has 0 unspecified atom stereocenters. The predicted molar refractivity (Wildman–Crippen MR) is 94.7 cm³/mol. The summed E-state index contributed by atoms with van der Waals surface area (Å²) in [6, 6.07) is 3.90. The SMILES string of the molecule is O[C@@H]1CO[C@H]2[C@@H]1OC[C@H]2Oc1nc2nc(NCc3cc[nH]n3)c(Cl)cc2[nH]1. The van der Waals surface area contributed by atoms with Gasteiger partial charge in [-0.1, -0.05) is 11.6 Å². The van der Waals surface area contributed by atoms with E-state index >= 15 is 0 Å². The van der Waals surface area contributed by atoms with Crippen molar-refractivity contribution in [3.8, 4) is 6.01 Å². The zero-order valence-corrected chi connectivity index (χ0v) is 14.8. The van der Waals surface area contributed by atoms with Gasteiger partial charge in [-0.2, -0.15) is 10.1 Å². The van der Waals surface area contributed by atoms with E-state index in [2.05, 4.69) is 30.5 Å². The Balaban J connectivity index is 1.33. The summed E-state index contributed by atoms with van der Waals surface area (Å²) < 4.78 is 17.0. The monoisotopic (exact) mass is 392 g/mol. The summed E-state index contributed by atoms with van der Waals surface area (Å²) in [5.74, 6) is 0.511. The molecule has 3 aromatic heterocycles. The third-order valence-electron chi connectivity index (χ3n) is 4.65. The molecular weight excluding hydrogens is 376 g/mol. The van der Waals surface area contributed by atoms with E-state index in [4.69, 9.17) is 25.8 Å². The first-order valence-electron chi connectivity index (χ1n) is 8.54. The lowest BCUT2D eigenvalue weighted by atomic mass is 10.1. The number of hydrogen-bond acceptors (Lipinski definition) is 8. The second-order valence-corrected chi connectivity index (χ2v) is 6.88. The number of fused-ring (bicyclic) bond motifs is 2. The quantitative estimate of drug-likeness (QED) is 0.502. The number of aromatic nitrogens is 5. The third-order valence-corrected chi connectivity index (χ3v) is 4.93. The van der Waals surface area contributed by atoms with Crippen molar-refractivity contribution in [2.45, 2.75) is 31.0 Å². The van der Waals surface area contributed by atoms with Gasteiger partial charge in [0.05, 0.1) is 36.0 Å². The number of anilines is 1. The number of nitrogens with zero attached hydrogens (tertiary/aromatic N) is 3. The highest BCUT2D eigenvalue weighted by molar-refractivity contribution is 6.33. The number of hydrogen-bond donors (Lipinski definition) is 4. The van der Waals surface area contributed by atoms with Crippen molar-refractivity contribution < 1.29 is 19.3 Å². The van der Waals surface area contributed by atoms with E-state index in [0.29, 0.717) is 41.2 Å². The van der Waals surface area contributed by atoms with E-state index in [1.165, 1.54) is 0 Å². The van der Waals surface area contributed by atoms with Crippen molar-refractivity contribution in [2.75, 3.05) is 18.5 Å². The van der Waals surface area contributed by atoms with Gasteiger partial charge in [-0.25, -0.2) is 4.98 Å². The first-order chi connectivity index (χ1) is 13.2. The number of H-pyrrole nitrogens is 2. The van der Waals surface area contributed by atoms with E-state index in [-0.39, 0.29) is 24.9 Å². The molecule has 5 rings (SSSR count). The Hall–Kier alpha value is -2.40. The second-order valence-electron chi connectivity index (χ2n) is 6.47. The van der Waals surface area contributed by atoms with E-state index in [9.17, 15) is 5.11 Å². The van der Waals surface area contributed by atoms with Gasteiger partial charge in [-0.15, -0.1) is 0 Å². The number of nitrogens with one attached hydrogen (secondary N) is 3. The van der Waals surface area contributed by atoms with Gasteiger partial charge in [0.1, 0.15) is 24.1 Å². The lowest BCUT2D eigenvalue weighted by molar-refractivity contribution is 0.00706. The fraction of sp³-hybridized carbons (Fsp3) is 0.438. The zero-order valence-electron chi connectivity index (χ0n) is 14.1. The number of imidazole rings is 1. The van der Waals surface area contributed by atoms with Crippen LogP contribution in [0.1, 0.15) is 5.69 Å². The minimum atomic E-state index is -0.622. The van der Waals surface area contributed by atoms with Crippen molar-refractivity contribution in [2.24, 2.45) is 0 Å². The second kappa shape index (κ2) is 6.64. The summed E-state index contributed by atoms with van der Waals surface area (Å²) in [7, 11) is 0. The molecule has 2 saturated heterocycles.